The van der Waals surface area contributed by atoms with Crippen LogP contribution in [-0.2, 0) is 14.4 Å². The highest BCUT2D eigenvalue weighted by atomic mass is 32.2. The van der Waals surface area contributed by atoms with Gasteiger partial charge in [0.1, 0.15) is 0 Å². The van der Waals surface area contributed by atoms with Crippen LogP contribution in [0.5, 0.6) is 0 Å². The molecule has 0 saturated carbocycles. The number of benzene rings is 1. The first kappa shape index (κ1) is 19.8. The molecule has 1 fully saturated rings. The van der Waals surface area contributed by atoms with Crippen molar-refractivity contribution in [1.29, 1.82) is 0 Å². The standard InChI is InChI=1S/C18H17N5O3S2/c1-9-6-12(20-10(2)24)4-5-14(9)22-18-23-16(26)15(28-18)7-13-8-19-17(27-13)21-11(3)25/h4-8H,1-3H3,(H,20,24)(H,19,21,25)(H,22,23,26)/b15-7-. The van der Waals surface area contributed by atoms with E-state index in [-0.39, 0.29) is 17.7 Å². The number of aromatic nitrogens is 1. The molecule has 3 rings (SSSR count). The van der Waals surface area contributed by atoms with E-state index < -0.39 is 0 Å². The van der Waals surface area contributed by atoms with Crippen molar-refractivity contribution >= 4 is 68.6 Å². The Balaban J connectivity index is 1.76. The highest BCUT2D eigenvalue weighted by Crippen LogP contribution is 2.31. The average molecular weight is 416 g/mol. The van der Waals surface area contributed by atoms with Crippen molar-refractivity contribution in [2.75, 3.05) is 10.6 Å². The van der Waals surface area contributed by atoms with Gasteiger partial charge in [0.15, 0.2) is 10.3 Å². The summed E-state index contributed by atoms with van der Waals surface area (Å²) < 4.78 is 0. The van der Waals surface area contributed by atoms with E-state index in [1.807, 2.05) is 13.0 Å². The van der Waals surface area contributed by atoms with Crippen LogP contribution < -0.4 is 16.0 Å². The van der Waals surface area contributed by atoms with Crippen LogP contribution in [0.25, 0.3) is 6.08 Å². The molecular formula is C18H17N5O3S2. The van der Waals surface area contributed by atoms with Gasteiger partial charge in [-0.1, -0.05) is 11.3 Å². The minimum Gasteiger partial charge on any atom is -0.326 e. The van der Waals surface area contributed by atoms with E-state index in [1.54, 1.807) is 24.4 Å². The number of amidine groups is 1. The first-order chi connectivity index (χ1) is 13.3. The third kappa shape index (κ3) is 5.05. The fourth-order valence-electron chi connectivity index (χ4n) is 2.34. The van der Waals surface area contributed by atoms with Crippen molar-refractivity contribution in [3.05, 3.63) is 39.7 Å². The summed E-state index contributed by atoms with van der Waals surface area (Å²) >= 11 is 2.50. The van der Waals surface area contributed by atoms with Gasteiger partial charge in [0.25, 0.3) is 5.91 Å². The summed E-state index contributed by atoms with van der Waals surface area (Å²) in [6.07, 6.45) is 3.30. The number of aryl methyl sites for hydroxylation is 1. The summed E-state index contributed by atoms with van der Waals surface area (Å²) in [5.74, 6) is -0.585. The van der Waals surface area contributed by atoms with Gasteiger partial charge in [0.05, 0.1) is 15.5 Å². The topological polar surface area (TPSA) is 113 Å². The second kappa shape index (κ2) is 8.36. The number of thiazole rings is 1. The first-order valence-corrected chi connectivity index (χ1v) is 9.84. The lowest BCUT2D eigenvalue weighted by Gasteiger charge is -2.06. The van der Waals surface area contributed by atoms with Crippen molar-refractivity contribution in [2.45, 2.75) is 20.8 Å². The molecule has 28 heavy (non-hydrogen) atoms. The molecule has 1 aromatic heterocycles. The molecule has 0 atom stereocenters. The minimum absolute atomic E-state index is 0.142. The third-order valence-electron chi connectivity index (χ3n) is 3.47. The van der Waals surface area contributed by atoms with Gasteiger partial charge < -0.3 is 16.0 Å². The molecule has 144 valence electrons. The van der Waals surface area contributed by atoms with Gasteiger partial charge in [-0.25, -0.2) is 9.98 Å². The summed E-state index contributed by atoms with van der Waals surface area (Å²) in [7, 11) is 0. The third-order valence-corrected chi connectivity index (χ3v) is 5.24. The predicted octanol–water partition coefficient (Wildman–Crippen LogP) is 3.26. The molecule has 3 N–H and O–H groups in total. The van der Waals surface area contributed by atoms with Crippen LogP contribution in [0, 0.1) is 6.92 Å². The lowest BCUT2D eigenvalue weighted by Crippen LogP contribution is -2.19. The van der Waals surface area contributed by atoms with Crippen molar-refractivity contribution < 1.29 is 14.4 Å². The normalized spacial score (nSPS) is 16.3. The summed E-state index contributed by atoms with van der Waals surface area (Å²) in [6.45, 7) is 4.74. The predicted molar refractivity (Wildman–Crippen MR) is 113 cm³/mol. The maximum atomic E-state index is 12.2. The smallest absolute Gasteiger partial charge is 0.264 e. The second-order valence-electron chi connectivity index (χ2n) is 5.91. The number of carbonyl (C=O) groups is 3. The Kier molecular flexibility index (Phi) is 5.90. The molecule has 1 aliphatic rings. The number of nitrogens with one attached hydrogen (secondary N) is 3. The van der Waals surface area contributed by atoms with E-state index in [0.717, 1.165) is 10.4 Å². The SMILES string of the molecule is CC(=O)Nc1ccc(N=C2NC(=O)/C(=C/c3cnc(NC(C)=O)s3)S2)c(C)c1. The molecule has 0 bridgehead atoms. The number of rotatable bonds is 4. The van der Waals surface area contributed by atoms with E-state index in [1.165, 1.54) is 36.9 Å². The number of hydrogen-bond acceptors (Lipinski definition) is 7. The second-order valence-corrected chi connectivity index (χ2v) is 8.01. The Morgan fingerprint density at radius 3 is 2.64 bits per heavy atom. The van der Waals surface area contributed by atoms with Crippen LogP contribution in [-0.4, -0.2) is 27.9 Å². The van der Waals surface area contributed by atoms with Gasteiger partial charge in [-0.2, -0.15) is 0 Å². The van der Waals surface area contributed by atoms with Gasteiger partial charge >= 0.3 is 0 Å². The molecule has 0 aliphatic carbocycles. The lowest BCUT2D eigenvalue weighted by molar-refractivity contribution is -0.115. The van der Waals surface area contributed by atoms with Crippen molar-refractivity contribution in [3.8, 4) is 0 Å². The van der Waals surface area contributed by atoms with Crippen LogP contribution in [0.3, 0.4) is 0 Å². The quantitative estimate of drug-likeness (QED) is 0.664. The van der Waals surface area contributed by atoms with Crippen LogP contribution in [0.15, 0.2) is 34.3 Å². The Bertz CT molecular complexity index is 1030. The van der Waals surface area contributed by atoms with Gasteiger partial charge in [-0.05, 0) is 48.5 Å². The van der Waals surface area contributed by atoms with Crippen molar-refractivity contribution in [3.63, 3.8) is 0 Å². The maximum Gasteiger partial charge on any atom is 0.264 e. The Hall–Kier alpha value is -2.98. The number of aliphatic imine (C=N–C) groups is 1. The number of hydrogen-bond donors (Lipinski definition) is 3. The van der Waals surface area contributed by atoms with Crippen molar-refractivity contribution in [1.82, 2.24) is 10.3 Å². The molecule has 1 saturated heterocycles. The Morgan fingerprint density at radius 1 is 1.21 bits per heavy atom. The number of thioether (sulfide) groups is 1. The molecular weight excluding hydrogens is 398 g/mol. The molecule has 1 aliphatic heterocycles. The number of carbonyl (C=O) groups excluding carboxylic acids is 3. The molecule has 2 aromatic rings. The van der Waals surface area contributed by atoms with E-state index in [9.17, 15) is 14.4 Å². The largest absolute Gasteiger partial charge is 0.326 e. The van der Waals surface area contributed by atoms with E-state index in [0.29, 0.717) is 26.6 Å². The van der Waals surface area contributed by atoms with E-state index in [2.05, 4.69) is 25.9 Å². The monoisotopic (exact) mass is 415 g/mol. The van der Waals surface area contributed by atoms with Crippen LogP contribution in [0.1, 0.15) is 24.3 Å². The van der Waals surface area contributed by atoms with E-state index >= 15 is 0 Å². The van der Waals surface area contributed by atoms with Gasteiger partial charge in [0, 0.05) is 25.7 Å². The molecule has 8 nitrogen and oxygen atoms in total. The summed E-state index contributed by atoms with van der Waals surface area (Å²) in [5, 5.41) is 9.01. The highest BCUT2D eigenvalue weighted by Gasteiger charge is 2.24. The van der Waals surface area contributed by atoms with Gasteiger partial charge in [-0.15, -0.1) is 0 Å². The zero-order valence-electron chi connectivity index (χ0n) is 15.3. The summed E-state index contributed by atoms with van der Waals surface area (Å²) in [5.41, 5.74) is 2.26. The molecule has 0 radical (unpaired) electrons. The number of anilines is 2. The molecule has 0 unspecified atom stereocenters. The average Bonchev–Trinajstić information content (AvgIpc) is 3.16. The van der Waals surface area contributed by atoms with Crippen LogP contribution in [0.2, 0.25) is 0 Å². The fraction of sp³-hybridized carbons (Fsp3) is 0.167. The van der Waals surface area contributed by atoms with Gasteiger partial charge in [-0.3, -0.25) is 14.4 Å². The maximum absolute atomic E-state index is 12.2. The number of amides is 3. The lowest BCUT2D eigenvalue weighted by atomic mass is 10.2. The highest BCUT2D eigenvalue weighted by molar-refractivity contribution is 8.18. The van der Waals surface area contributed by atoms with Crippen LogP contribution >= 0.6 is 23.1 Å². The van der Waals surface area contributed by atoms with E-state index in [4.69, 9.17) is 0 Å². The Morgan fingerprint density at radius 2 is 1.96 bits per heavy atom. The molecule has 2 heterocycles. The molecule has 3 amide bonds. The first-order valence-electron chi connectivity index (χ1n) is 8.21. The Labute approximate surface area is 169 Å². The molecule has 0 spiro atoms. The fourth-order valence-corrected chi connectivity index (χ4v) is 4.05. The van der Waals surface area contributed by atoms with Gasteiger partial charge in [0.2, 0.25) is 11.8 Å². The number of nitrogens with zero attached hydrogens (tertiary/aromatic N) is 2. The zero-order valence-corrected chi connectivity index (χ0v) is 17.0. The molecule has 1 aromatic carbocycles. The summed E-state index contributed by atoms with van der Waals surface area (Å²) in [6, 6.07) is 5.36. The molecule has 10 heteroatoms. The summed E-state index contributed by atoms with van der Waals surface area (Å²) in [4.78, 5) is 44.2. The zero-order chi connectivity index (χ0) is 20.3. The van der Waals surface area contributed by atoms with Crippen LogP contribution in [0.4, 0.5) is 16.5 Å². The minimum atomic E-state index is -0.245. The van der Waals surface area contributed by atoms with Crippen molar-refractivity contribution in [2.24, 2.45) is 4.99 Å².